The zero-order valence-electron chi connectivity index (χ0n) is 21.3. The second-order valence-electron chi connectivity index (χ2n) is 8.91. The number of para-hydroxylation sites is 1. The van der Waals surface area contributed by atoms with Crippen molar-refractivity contribution in [3.05, 3.63) is 42.0 Å². The summed E-state index contributed by atoms with van der Waals surface area (Å²) in [6.07, 6.45) is 0.591. The van der Waals surface area contributed by atoms with Gasteiger partial charge in [-0.15, -0.1) is 6.58 Å². The summed E-state index contributed by atoms with van der Waals surface area (Å²) in [5.41, 5.74) is -0.0569. The lowest BCUT2D eigenvalue weighted by molar-refractivity contribution is -0.144. The summed E-state index contributed by atoms with van der Waals surface area (Å²) >= 11 is 0. The van der Waals surface area contributed by atoms with E-state index >= 15 is 0 Å². The highest BCUT2D eigenvalue weighted by Crippen LogP contribution is 2.32. The number of nitrogens with one attached hydrogen (secondary N) is 2. The molecule has 2 unspecified atom stereocenters. The Kier molecular flexibility index (Phi) is 11.2. The number of nitrogens with zero attached hydrogens (tertiary/aromatic N) is 1. The fourth-order valence-electron chi connectivity index (χ4n) is 3.23. The van der Waals surface area contributed by atoms with Crippen LogP contribution in [0.2, 0.25) is 0 Å². The molecule has 0 bridgehead atoms. The van der Waals surface area contributed by atoms with Gasteiger partial charge in [0, 0.05) is 18.7 Å². The minimum absolute atomic E-state index is 0.0252. The van der Waals surface area contributed by atoms with E-state index in [1.807, 2.05) is 0 Å². The fourth-order valence-corrected chi connectivity index (χ4v) is 3.23. The highest BCUT2D eigenvalue weighted by Gasteiger charge is 2.35. The van der Waals surface area contributed by atoms with Crippen molar-refractivity contribution in [2.24, 2.45) is 0 Å². The topological polar surface area (TPSA) is 134 Å². The molecule has 1 aromatic carbocycles. The number of alkyl carbamates (subject to hydrolysis) is 1. The molecule has 1 aromatic rings. The highest BCUT2D eigenvalue weighted by molar-refractivity contribution is 5.92. The number of hydrogen-bond acceptors (Lipinski definition) is 7. The van der Waals surface area contributed by atoms with E-state index < -0.39 is 41.6 Å². The number of carbonyl (C=O) groups is 4. The molecule has 0 radical (unpaired) electrons. The van der Waals surface area contributed by atoms with Crippen LogP contribution in [0.3, 0.4) is 0 Å². The van der Waals surface area contributed by atoms with E-state index in [9.17, 15) is 24.3 Å². The molecule has 0 saturated carbocycles. The third kappa shape index (κ3) is 9.30. The Labute approximate surface area is 206 Å². The Bertz CT molecular complexity index is 924. The summed E-state index contributed by atoms with van der Waals surface area (Å²) in [6.45, 7) is 13.7. The number of phenols is 1. The smallest absolute Gasteiger partial charge is 0.408 e. The molecule has 0 aliphatic heterocycles. The second-order valence-corrected chi connectivity index (χ2v) is 8.91. The SMILES string of the molecule is C=CCN(C(=O)C(C)NC(=O)OC(C)(C)C)C(C(=O)NCCC(=O)OCC)c1cccc(C)c1O. The fraction of sp³-hybridized carbons (Fsp3) is 0.520. The summed E-state index contributed by atoms with van der Waals surface area (Å²) < 4.78 is 10.1. The van der Waals surface area contributed by atoms with Crippen molar-refractivity contribution in [3.63, 3.8) is 0 Å². The van der Waals surface area contributed by atoms with Gasteiger partial charge in [-0.3, -0.25) is 14.4 Å². The summed E-state index contributed by atoms with van der Waals surface area (Å²) in [5.74, 6) is -1.83. The average Bonchev–Trinajstić information content (AvgIpc) is 2.74. The molecule has 0 fully saturated rings. The van der Waals surface area contributed by atoms with Crippen molar-refractivity contribution >= 4 is 23.9 Å². The Morgan fingerprint density at radius 2 is 1.89 bits per heavy atom. The Morgan fingerprint density at radius 3 is 2.46 bits per heavy atom. The molecule has 3 amide bonds. The quantitative estimate of drug-likeness (QED) is 0.320. The van der Waals surface area contributed by atoms with Gasteiger partial charge in [0.15, 0.2) is 0 Å². The summed E-state index contributed by atoms with van der Waals surface area (Å²) in [5, 5.41) is 15.8. The standard InChI is InChI=1S/C25H37N3O7/c1-8-15-28(23(32)17(4)27-24(33)35-25(5,6)7)20(18-12-10-11-16(3)21(18)30)22(31)26-14-13-19(29)34-9-2/h8,10-12,17,20,30H,1,9,13-15H2,2-7H3,(H,26,31)(H,27,33). The number of benzene rings is 1. The van der Waals surface area contributed by atoms with E-state index in [1.165, 1.54) is 24.0 Å². The van der Waals surface area contributed by atoms with Crippen LogP contribution in [0.4, 0.5) is 4.79 Å². The number of carbonyl (C=O) groups excluding carboxylic acids is 4. The second kappa shape index (κ2) is 13.4. The van der Waals surface area contributed by atoms with Gasteiger partial charge in [-0.1, -0.05) is 24.3 Å². The first-order chi connectivity index (χ1) is 16.3. The maximum Gasteiger partial charge on any atom is 0.408 e. The van der Waals surface area contributed by atoms with Gasteiger partial charge in [0.2, 0.25) is 11.8 Å². The van der Waals surface area contributed by atoms with Gasteiger partial charge in [-0.2, -0.15) is 0 Å². The van der Waals surface area contributed by atoms with Crippen LogP contribution in [0, 0.1) is 6.92 Å². The van der Waals surface area contributed by atoms with Crippen LogP contribution in [0.1, 0.15) is 58.2 Å². The molecule has 0 heterocycles. The van der Waals surface area contributed by atoms with Crippen molar-refractivity contribution < 1.29 is 33.8 Å². The van der Waals surface area contributed by atoms with Gasteiger partial charge < -0.3 is 30.1 Å². The number of aromatic hydroxyl groups is 1. The molecule has 194 valence electrons. The lowest BCUT2D eigenvalue weighted by atomic mass is 9.99. The number of rotatable bonds is 11. The summed E-state index contributed by atoms with van der Waals surface area (Å²) in [7, 11) is 0. The molecule has 3 N–H and O–H groups in total. The summed E-state index contributed by atoms with van der Waals surface area (Å²) in [6, 6.07) is 2.55. The van der Waals surface area contributed by atoms with E-state index in [4.69, 9.17) is 9.47 Å². The first kappa shape index (κ1) is 29.5. The number of phenolic OH excluding ortho intramolecular Hbond substituents is 1. The number of esters is 1. The van der Waals surface area contributed by atoms with E-state index in [0.29, 0.717) is 5.56 Å². The molecular weight excluding hydrogens is 454 g/mol. The largest absolute Gasteiger partial charge is 0.507 e. The molecule has 1 rings (SSSR count). The monoisotopic (exact) mass is 491 g/mol. The highest BCUT2D eigenvalue weighted by atomic mass is 16.6. The number of hydrogen-bond donors (Lipinski definition) is 3. The predicted octanol–water partition coefficient (Wildman–Crippen LogP) is 2.74. The van der Waals surface area contributed by atoms with Crippen molar-refractivity contribution in [1.82, 2.24) is 15.5 Å². The molecule has 0 saturated heterocycles. The molecule has 10 heteroatoms. The van der Waals surface area contributed by atoms with Gasteiger partial charge in [0.25, 0.3) is 0 Å². The van der Waals surface area contributed by atoms with E-state index in [0.717, 1.165) is 0 Å². The third-order valence-corrected chi connectivity index (χ3v) is 4.77. The lowest BCUT2D eigenvalue weighted by Crippen LogP contribution is -2.52. The van der Waals surface area contributed by atoms with Crippen molar-refractivity contribution in [2.75, 3.05) is 19.7 Å². The molecular formula is C25H37N3O7. The van der Waals surface area contributed by atoms with Crippen molar-refractivity contribution in [2.45, 2.75) is 65.6 Å². The van der Waals surface area contributed by atoms with E-state index in [-0.39, 0.29) is 37.4 Å². The van der Waals surface area contributed by atoms with Crippen molar-refractivity contribution in [3.8, 4) is 5.75 Å². The Morgan fingerprint density at radius 1 is 1.23 bits per heavy atom. The van der Waals surface area contributed by atoms with Crippen LogP contribution in [0.25, 0.3) is 0 Å². The molecule has 0 aliphatic rings. The molecule has 0 spiro atoms. The molecule has 0 aliphatic carbocycles. The van der Waals surface area contributed by atoms with Crippen LogP contribution in [-0.2, 0) is 23.9 Å². The summed E-state index contributed by atoms with van der Waals surface area (Å²) in [4.78, 5) is 51.7. The van der Waals surface area contributed by atoms with Crippen LogP contribution >= 0.6 is 0 Å². The minimum Gasteiger partial charge on any atom is -0.507 e. The van der Waals surface area contributed by atoms with E-state index in [2.05, 4.69) is 17.2 Å². The van der Waals surface area contributed by atoms with E-state index in [1.54, 1.807) is 46.8 Å². The van der Waals surface area contributed by atoms with Gasteiger partial charge in [0.1, 0.15) is 23.4 Å². The van der Waals surface area contributed by atoms with Gasteiger partial charge in [-0.05, 0) is 47.1 Å². The van der Waals surface area contributed by atoms with Crippen LogP contribution in [-0.4, -0.2) is 65.2 Å². The van der Waals surface area contributed by atoms with Crippen LogP contribution in [0.15, 0.2) is 30.9 Å². The first-order valence-corrected chi connectivity index (χ1v) is 11.4. The van der Waals surface area contributed by atoms with Crippen LogP contribution in [0.5, 0.6) is 5.75 Å². The molecule has 35 heavy (non-hydrogen) atoms. The molecule has 10 nitrogen and oxygen atoms in total. The maximum atomic E-state index is 13.4. The molecule has 0 aromatic heterocycles. The molecule has 2 atom stereocenters. The number of aryl methyl sites for hydroxylation is 1. The number of ether oxygens (including phenoxy) is 2. The first-order valence-electron chi connectivity index (χ1n) is 11.4. The predicted molar refractivity (Wildman–Crippen MR) is 131 cm³/mol. The van der Waals surface area contributed by atoms with Crippen LogP contribution < -0.4 is 10.6 Å². The zero-order chi connectivity index (χ0) is 26.8. The van der Waals surface area contributed by atoms with Gasteiger partial charge >= 0.3 is 12.1 Å². The minimum atomic E-state index is -1.26. The zero-order valence-corrected chi connectivity index (χ0v) is 21.3. The third-order valence-electron chi connectivity index (χ3n) is 4.77. The van der Waals surface area contributed by atoms with Gasteiger partial charge in [-0.25, -0.2) is 4.79 Å². The lowest BCUT2D eigenvalue weighted by Gasteiger charge is -2.33. The normalized spacial score (nSPS) is 12.6. The maximum absolute atomic E-state index is 13.4. The number of amides is 3. The van der Waals surface area contributed by atoms with Crippen molar-refractivity contribution in [1.29, 1.82) is 0 Å². The average molecular weight is 492 g/mol. The Balaban J connectivity index is 3.26. The van der Waals surface area contributed by atoms with Gasteiger partial charge in [0.05, 0.1) is 13.0 Å². The Hall–Kier alpha value is -3.56.